The predicted molar refractivity (Wildman–Crippen MR) is 357 cm³/mol. The lowest BCUT2D eigenvalue weighted by Crippen LogP contribution is -2.42. The Hall–Kier alpha value is -11.0. The molecule has 29 heteroatoms. The number of nitrogens with two attached hydrogens (primary N) is 1. The van der Waals surface area contributed by atoms with E-state index in [4.69, 9.17) is 48.4 Å². The molecule has 0 spiro atoms. The van der Waals surface area contributed by atoms with Crippen molar-refractivity contribution >= 4 is 112 Å². The fraction of sp³-hybridized carbons (Fsp3) is 0.333. The molecule has 0 saturated carbocycles. The molecule has 2 atom stereocenters. The number of rotatable bonds is 31. The Bertz CT molecular complexity index is 4090. The van der Waals surface area contributed by atoms with E-state index >= 15 is 0 Å². The zero-order valence-electron chi connectivity index (χ0n) is 54.8. The minimum atomic E-state index is -1.01. The van der Waals surface area contributed by atoms with Crippen LogP contribution in [0.3, 0.4) is 0 Å². The summed E-state index contributed by atoms with van der Waals surface area (Å²) in [6, 6.07) is 26.2. The van der Waals surface area contributed by atoms with Gasteiger partial charge in [-0.05, 0) is 113 Å². The molecule has 0 fully saturated rings. The van der Waals surface area contributed by atoms with Crippen LogP contribution < -0.4 is 36.4 Å². The third-order valence-corrected chi connectivity index (χ3v) is 15.4. The van der Waals surface area contributed by atoms with Crippen molar-refractivity contribution in [1.29, 1.82) is 0 Å². The van der Waals surface area contributed by atoms with E-state index < -0.39 is 91.7 Å². The number of para-hydroxylation sites is 3. The van der Waals surface area contributed by atoms with Crippen molar-refractivity contribution in [1.82, 2.24) is 30.9 Å². The molecule has 0 aliphatic carbocycles. The largest absolute Gasteiger partial charge is 0.447 e. The molecule has 3 aliphatic heterocycles. The molecule has 3 aromatic heterocycles. The van der Waals surface area contributed by atoms with Crippen LogP contribution in [0.25, 0.3) is 34.9 Å². The van der Waals surface area contributed by atoms with Gasteiger partial charge in [-0.1, -0.05) is 54.6 Å². The molecule has 6 heterocycles. The summed E-state index contributed by atoms with van der Waals surface area (Å²) in [4.78, 5) is 144. The van der Waals surface area contributed by atoms with Gasteiger partial charge in [0.2, 0.25) is 0 Å². The van der Waals surface area contributed by atoms with Gasteiger partial charge in [-0.25, -0.2) is 33.9 Å². The van der Waals surface area contributed by atoms with Crippen LogP contribution in [0, 0.1) is 41.5 Å². The normalized spacial score (nSPS) is 14.9. The molecular formula is C69H76N10O19. The molecule has 516 valence electrons. The molecule has 98 heavy (non-hydrogen) atoms. The highest BCUT2D eigenvalue weighted by atomic mass is 16.6. The molecule has 2 unspecified atom stereocenters. The van der Waals surface area contributed by atoms with Gasteiger partial charge in [-0.15, -0.1) is 0 Å². The number of hydrogen-bond donors (Lipinski definition) is 7. The fourth-order valence-corrected chi connectivity index (χ4v) is 11.0. The van der Waals surface area contributed by atoms with Gasteiger partial charge in [-0.2, -0.15) is 0 Å². The number of ether oxygens (including phenoxy) is 9. The van der Waals surface area contributed by atoms with Crippen molar-refractivity contribution in [2.24, 2.45) is 5.73 Å². The van der Waals surface area contributed by atoms with E-state index in [9.17, 15) is 47.9 Å². The molecule has 3 aromatic carbocycles. The van der Waals surface area contributed by atoms with Gasteiger partial charge in [0.15, 0.2) is 0 Å². The molecule has 0 saturated heterocycles. The van der Waals surface area contributed by atoms with E-state index in [1.54, 1.807) is 91.0 Å². The number of aromatic amines is 3. The van der Waals surface area contributed by atoms with Crippen molar-refractivity contribution in [3.8, 4) is 0 Å². The molecule has 10 amide bonds. The molecular weight excluding hydrogens is 1270 g/mol. The third-order valence-electron chi connectivity index (χ3n) is 15.4. The number of aryl methyl sites for hydroxylation is 6. The van der Waals surface area contributed by atoms with Gasteiger partial charge in [-0.3, -0.25) is 28.8 Å². The second-order valence-corrected chi connectivity index (χ2v) is 22.8. The lowest BCUT2D eigenvalue weighted by Gasteiger charge is -2.22. The number of alkyl carbamates (subject to hydrolysis) is 3. The van der Waals surface area contributed by atoms with E-state index in [0.29, 0.717) is 67.6 Å². The molecule has 6 aromatic rings. The Labute approximate surface area is 562 Å². The summed E-state index contributed by atoms with van der Waals surface area (Å²) in [6.07, 6.45) is -0.653. The summed E-state index contributed by atoms with van der Waals surface area (Å²) in [5.74, 6) is -3.82. The quantitative estimate of drug-likeness (QED) is 0.0143. The minimum absolute atomic E-state index is 0.0869. The van der Waals surface area contributed by atoms with Crippen LogP contribution >= 0.6 is 0 Å². The van der Waals surface area contributed by atoms with Crippen LogP contribution in [0.4, 0.5) is 36.2 Å². The van der Waals surface area contributed by atoms with Crippen molar-refractivity contribution in [3.05, 3.63) is 159 Å². The first kappa shape index (κ1) is 71.3. The minimum Gasteiger partial charge on any atom is -0.447 e. The maximum atomic E-state index is 13.7. The Morgan fingerprint density at radius 3 is 1.02 bits per heavy atom. The Morgan fingerprint density at radius 1 is 0.418 bits per heavy atom. The van der Waals surface area contributed by atoms with Gasteiger partial charge in [0, 0.05) is 50.9 Å². The fourth-order valence-electron chi connectivity index (χ4n) is 11.0. The number of fused-ring (bicyclic) bond motifs is 3. The lowest BCUT2D eigenvalue weighted by atomic mass is 10.1. The number of hydrogen-bond acceptors (Lipinski definition) is 19. The summed E-state index contributed by atoms with van der Waals surface area (Å²) < 4.78 is 50.0. The van der Waals surface area contributed by atoms with Crippen LogP contribution in [-0.4, -0.2) is 186 Å². The van der Waals surface area contributed by atoms with E-state index in [-0.39, 0.29) is 79.3 Å². The van der Waals surface area contributed by atoms with Crippen LogP contribution in [0.2, 0.25) is 0 Å². The van der Waals surface area contributed by atoms with Crippen LogP contribution in [-0.2, 0) is 71.4 Å². The van der Waals surface area contributed by atoms with Crippen molar-refractivity contribution in [2.75, 3.05) is 114 Å². The van der Waals surface area contributed by atoms with E-state index in [1.165, 1.54) is 0 Å². The van der Waals surface area contributed by atoms with Crippen LogP contribution in [0.5, 0.6) is 0 Å². The number of carbonyl (C=O) groups excluding carboxylic acids is 10. The number of carbonyl (C=O) groups is 10. The molecule has 8 N–H and O–H groups in total. The molecule has 0 radical (unpaired) electrons. The topological polar surface area (TPSA) is 373 Å². The van der Waals surface area contributed by atoms with E-state index in [1.807, 2.05) is 59.7 Å². The SMILES string of the molecule is Cc1cc(C)c(/C=C2\C(=O)N(C(=O)CNC(=O)OCCOCC(COCC(COCCOC(N)=O)OCCOC(=O)NCC(=O)N3C(=O)/C(=C\c4[nH]c(C)cc4C)c4ccccc43)OCCOC(=O)NCC(=O)N3C(=O)/C(=C\c4[nH]c(C)cc4C)c4ccccc43)c3ccccc32)[nH]1. The summed E-state index contributed by atoms with van der Waals surface area (Å²) in [7, 11) is 0. The smallest absolute Gasteiger partial charge is 0.407 e. The number of nitrogens with one attached hydrogen (secondary N) is 6. The van der Waals surface area contributed by atoms with E-state index in [2.05, 4.69) is 30.9 Å². The average molecular weight is 1350 g/mol. The summed E-state index contributed by atoms with van der Waals surface area (Å²) in [5, 5.41) is 7.14. The summed E-state index contributed by atoms with van der Waals surface area (Å²) >= 11 is 0. The van der Waals surface area contributed by atoms with Gasteiger partial charge < -0.3 is 79.3 Å². The number of H-pyrrole nitrogens is 3. The lowest BCUT2D eigenvalue weighted by molar-refractivity contribution is -0.124. The number of primary amides is 1. The number of nitrogens with zero attached hydrogens (tertiary/aromatic N) is 3. The van der Waals surface area contributed by atoms with Crippen molar-refractivity contribution in [2.45, 2.75) is 53.8 Å². The highest BCUT2D eigenvalue weighted by molar-refractivity contribution is 6.44. The first-order chi connectivity index (χ1) is 47.1. The van der Waals surface area contributed by atoms with Crippen LogP contribution in [0.1, 0.15) is 67.5 Å². The highest BCUT2D eigenvalue weighted by Gasteiger charge is 2.39. The first-order valence-electron chi connectivity index (χ1n) is 31.3. The Balaban J connectivity index is 0.758. The predicted octanol–water partition coefficient (Wildman–Crippen LogP) is 6.26. The van der Waals surface area contributed by atoms with E-state index in [0.717, 1.165) is 48.5 Å². The molecule has 9 rings (SSSR count). The second-order valence-electron chi connectivity index (χ2n) is 22.8. The zero-order chi connectivity index (χ0) is 70.0. The summed E-state index contributed by atoms with van der Waals surface area (Å²) in [6.45, 7) is 7.06. The number of imide groups is 3. The maximum absolute atomic E-state index is 13.7. The molecule has 3 aliphatic rings. The maximum Gasteiger partial charge on any atom is 0.407 e. The van der Waals surface area contributed by atoms with Crippen molar-refractivity contribution in [3.63, 3.8) is 0 Å². The van der Waals surface area contributed by atoms with Gasteiger partial charge >= 0.3 is 24.4 Å². The Kier molecular flexibility index (Phi) is 24.5. The second kappa shape index (κ2) is 33.6. The monoisotopic (exact) mass is 1350 g/mol. The van der Waals surface area contributed by atoms with Crippen LogP contribution in [0.15, 0.2) is 91.0 Å². The number of aromatic nitrogens is 3. The number of amides is 10. The average Bonchev–Trinajstić information content (AvgIpc) is 1.64. The standard InChI is InChI=1S/C69H76N10O19/c1-40-27-43(4)74-54(40)30-51-48-13-7-10-16-57(48)77(63(51)83)60(80)33-71-67(87)96-22-20-91-37-47(94-24-26-98-69(89)73-35-62(82)79-59-18-12-9-15-50(59)53(65(79)85)32-56-42(3)29-45(6)76-56)39-92-38-46(36-90-19-21-95-66(70)86)93-23-25-97-68(88)72-34-61(81)78-58-17-11-8-14-49(58)52(64(78)84)31-55-41(2)28-44(5)75-55/h7-18,27-32,46-47,74-76H,19-26,33-39H2,1-6H3,(H2,70,86)(H,71,87)(H,72,88)(H,73,89)/b51-30-,52-31-,53-32-. The Morgan fingerprint density at radius 2 is 0.714 bits per heavy atom. The zero-order valence-corrected chi connectivity index (χ0v) is 54.8. The van der Waals surface area contributed by atoms with Gasteiger partial charge in [0.25, 0.3) is 35.4 Å². The van der Waals surface area contributed by atoms with Crippen molar-refractivity contribution < 1.29 is 90.6 Å². The van der Waals surface area contributed by atoms with Gasteiger partial charge in [0.05, 0.1) is 86.6 Å². The number of anilines is 3. The third kappa shape index (κ3) is 18.3. The first-order valence-corrected chi connectivity index (χ1v) is 31.3. The molecule has 29 nitrogen and oxygen atoms in total. The number of benzene rings is 3. The highest BCUT2D eigenvalue weighted by Crippen LogP contribution is 2.41. The molecule has 0 bridgehead atoms. The summed E-state index contributed by atoms with van der Waals surface area (Å²) in [5.41, 5.74) is 16.3. The van der Waals surface area contributed by atoms with Gasteiger partial charge in [0.1, 0.15) is 58.3 Å².